The Hall–Kier alpha value is -2.99. The summed E-state index contributed by atoms with van der Waals surface area (Å²) >= 11 is 0. The molecule has 3 rings (SSSR count). The molecule has 0 aromatic heterocycles. The molecule has 2 aromatic carbocycles. The predicted molar refractivity (Wildman–Crippen MR) is 122 cm³/mol. The van der Waals surface area contributed by atoms with E-state index in [0.717, 1.165) is 23.3 Å². The van der Waals surface area contributed by atoms with Crippen molar-refractivity contribution in [3.05, 3.63) is 65.2 Å². The van der Waals surface area contributed by atoms with Crippen LogP contribution in [-0.2, 0) is 20.7 Å². The Labute approximate surface area is 190 Å². The summed E-state index contributed by atoms with van der Waals surface area (Å²) in [7, 11) is 4.90. The number of carbonyl (C=O) groups excluding carboxylic acids is 1. The average Bonchev–Trinajstić information content (AvgIpc) is 3.23. The fourth-order valence-electron chi connectivity index (χ4n) is 4.01. The molecule has 172 valence electrons. The third-order valence-electron chi connectivity index (χ3n) is 6.04. The molecule has 0 bridgehead atoms. The van der Waals surface area contributed by atoms with Crippen molar-refractivity contribution in [1.82, 2.24) is 0 Å². The van der Waals surface area contributed by atoms with E-state index >= 15 is 0 Å². The van der Waals surface area contributed by atoms with Gasteiger partial charge in [0.05, 0.1) is 40.6 Å². The number of benzene rings is 2. The molecule has 0 aliphatic carbocycles. The van der Waals surface area contributed by atoms with Crippen molar-refractivity contribution >= 4 is 5.97 Å². The van der Waals surface area contributed by atoms with Crippen molar-refractivity contribution in [3.8, 4) is 17.2 Å². The van der Waals surface area contributed by atoms with Gasteiger partial charge in [0.15, 0.2) is 11.5 Å². The van der Waals surface area contributed by atoms with Gasteiger partial charge in [0, 0.05) is 11.5 Å². The Bertz CT molecular complexity index is 934. The lowest BCUT2D eigenvalue weighted by Gasteiger charge is -2.23. The molecule has 1 aliphatic heterocycles. The number of methoxy groups -OCH3 is 3. The molecule has 6 heteroatoms. The third kappa shape index (κ3) is 5.43. The molecule has 0 N–H and O–H groups in total. The highest BCUT2D eigenvalue weighted by Gasteiger charge is 2.39. The zero-order valence-electron chi connectivity index (χ0n) is 19.4. The second-order valence-electron chi connectivity index (χ2n) is 7.91. The van der Waals surface area contributed by atoms with Crippen molar-refractivity contribution in [2.45, 2.75) is 26.4 Å². The summed E-state index contributed by atoms with van der Waals surface area (Å²) in [5.41, 5.74) is 2.76. The van der Waals surface area contributed by atoms with Crippen LogP contribution in [-0.4, -0.2) is 40.5 Å². The Morgan fingerprint density at radius 3 is 2.38 bits per heavy atom. The quantitative estimate of drug-likeness (QED) is 0.414. The lowest BCUT2D eigenvalue weighted by Crippen LogP contribution is -2.24. The minimum absolute atomic E-state index is 0.0186. The Morgan fingerprint density at radius 2 is 1.75 bits per heavy atom. The average molecular weight is 441 g/mol. The van der Waals surface area contributed by atoms with Crippen LogP contribution in [0.3, 0.4) is 0 Å². The molecule has 0 radical (unpaired) electrons. The highest BCUT2D eigenvalue weighted by molar-refractivity contribution is 5.87. The summed E-state index contributed by atoms with van der Waals surface area (Å²) in [6.45, 7) is 4.46. The molecular formula is C26H32O6. The fraction of sp³-hybridized carbons (Fsp3) is 0.423. The number of allylic oxidation sites excluding steroid dienone is 1. The first-order valence-electron chi connectivity index (χ1n) is 10.8. The molecule has 32 heavy (non-hydrogen) atoms. The maximum Gasteiger partial charge on any atom is 0.333 e. The first-order valence-corrected chi connectivity index (χ1v) is 10.8. The van der Waals surface area contributed by atoms with Crippen LogP contribution in [0.1, 0.15) is 31.1 Å². The predicted octanol–water partition coefficient (Wildman–Crippen LogP) is 4.77. The summed E-state index contributed by atoms with van der Waals surface area (Å²) in [5, 5.41) is 0. The standard InChI is InChI=1S/C26H32O6/c1-6-17(2)26(27)32-16-22-20(13-18-7-12-23(29-4)24(14-18)30-5)15-31-25(22)19-8-10-21(28-3)11-9-19/h6-12,14,20,22,25H,13,15-16H2,1-5H3/b17-6+/t20-,22-,25+/m0/s1. The highest BCUT2D eigenvalue weighted by atomic mass is 16.5. The van der Waals surface area contributed by atoms with E-state index in [1.807, 2.05) is 49.4 Å². The minimum Gasteiger partial charge on any atom is -0.497 e. The Balaban J connectivity index is 1.82. The van der Waals surface area contributed by atoms with E-state index in [9.17, 15) is 4.79 Å². The summed E-state index contributed by atoms with van der Waals surface area (Å²) in [4.78, 5) is 12.3. The summed E-state index contributed by atoms with van der Waals surface area (Å²) < 4.78 is 28.0. The van der Waals surface area contributed by atoms with Crippen LogP contribution < -0.4 is 14.2 Å². The van der Waals surface area contributed by atoms with Gasteiger partial charge in [-0.25, -0.2) is 4.79 Å². The Kier molecular flexibility index (Phi) is 8.17. The van der Waals surface area contributed by atoms with Crippen molar-refractivity contribution < 1.29 is 28.5 Å². The van der Waals surface area contributed by atoms with Gasteiger partial charge in [0.2, 0.25) is 0 Å². The fourth-order valence-corrected chi connectivity index (χ4v) is 4.01. The van der Waals surface area contributed by atoms with Crippen molar-refractivity contribution in [3.63, 3.8) is 0 Å². The van der Waals surface area contributed by atoms with E-state index in [1.165, 1.54) is 0 Å². The van der Waals surface area contributed by atoms with Gasteiger partial charge in [0.25, 0.3) is 0 Å². The molecule has 2 aromatic rings. The van der Waals surface area contributed by atoms with Crippen molar-refractivity contribution in [1.29, 1.82) is 0 Å². The number of carbonyl (C=O) groups is 1. The van der Waals surface area contributed by atoms with E-state index in [4.69, 9.17) is 23.7 Å². The number of hydrogen-bond donors (Lipinski definition) is 0. The molecular weight excluding hydrogens is 408 g/mol. The van der Waals surface area contributed by atoms with E-state index in [2.05, 4.69) is 0 Å². The third-order valence-corrected chi connectivity index (χ3v) is 6.04. The number of hydrogen-bond acceptors (Lipinski definition) is 6. The SMILES string of the molecule is C/C=C(\C)C(=O)OC[C@H]1[C@@H](Cc2ccc(OC)c(OC)c2)CO[C@@H]1c1ccc(OC)cc1. The molecule has 0 saturated carbocycles. The second-order valence-corrected chi connectivity index (χ2v) is 7.91. The molecule has 1 saturated heterocycles. The largest absolute Gasteiger partial charge is 0.497 e. The van der Waals surface area contributed by atoms with Crippen LogP contribution in [0, 0.1) is 11.8 Å². The monoisotopic (exact) mass is 440 g/mol. The molecule has 1 fully saturated rings. The molecule has 0 amide bonds. The first-order chi connectivity index (χ1) is 15.5. The lowest BCUT2D eigenvalue weighted by atomic mass is 9.84. The van der Waals surface area contributed by atoms with Crippen LogP contribution >= 0.6 is 0 Å². The zero-order valence-corrected chi connectivity index (χ0v) is 19.4. The van der Waals surface area contributed by atoms with Gasteiger partial charge in [-0.15, -0.1) is 0 Å². The zero-order chi connectivity index (χ0) is 23.1. The van der Waals surface area contributed by atoms with Gasteiger partial charge in [-0.3, -0.25) is 0 Å². The number of rotatable bonds is 9. The molecule has 0 unspecified atom stereocenters. The van der Waals surface area contributed by atoms with Crippen LogP contribution in [0.15, 0.2) is 54.1 Å². The Morgan fingerprint density at radius 1 is 1.03 bits per heavy atom. The van der Waals surface area contributed by atoms with Gasteiger partial charge < -0.3 is 23.7 Å². The normalized spacial score (nSPS) is 20.7. The second kappa shape index (κ2) is 11.0. The topological polar surface area (TPSA) is 63.2 Å². The van der Waals surface area contributed by atoms with Crippen molar-refractivity contribution in [2.75, 3.05) is 34.5 Å². The van der Waals surface area contributed by atoms with E-state index in [1.54, 1.807) is 34.3 Å². The maximum absolute atomic E-state index is 12.3. The van der Waals surface area contributed by atoms with Crippen LogP contribution in [0.5, 0.6) is 17.2 Å². The van der Waals surface area contributed by atoms with Crippen LogP contribution in [0.4, 0.5) is 0 Å². The van der Waals surface area contributed by atoms with Gasteiger partial charge >= 0.3 is 5.97 Å². The van der Waals surface area contributed by atoms with Gasteiger partial charge in [0.1, 0.15) is 5.75 Å². The molecule has 0 spiro atoms. The van der Waals surface area contributed by atoms with Crippen LogP contribution in [0.2, 0.25) is 0 Å². The van der Waals surface area contributed by atoms with Gasteiger partial charge in [-0.2, -0.15) is 0 Å². The number of ether oxygens (including phenoxy) is 5. The summed E-state index contributed by atoms with van der Waals surface area (Å²) in [6.07, 6.45) is 2.37. The van der Waals surface area contributed by atoms with E-state index in [-0.39, 0.29) is 23.9 Å². The minimum atomic E-state index is -0.294. The van der Waals surface area contributed by atoms with E-state index in [0.29, 0.717) is 30.3 Å². The summed E-state index contributed by atoms with van der Waals surface area (Å²) in [6, 6.07) is 13.8. The lowest BCUT2D eigenvalue weighted by molar-refractivity contribution is -0.141. The highest BCUT2D eigenvalue weighted by Crippen LogP contribution is 2.41. The molecule has 1 heterocycles. The van der Waals surface area contributed by atoms with Crippen molar-refractivity contribution in [2.24, 2.45) is 11.8 Å². The summed E-state index contributed by atoms with van der Waals surface area (Å²) in [5.74, 6) is 2.09. The number of esters is 1. The molecule has 1 aliphatic rings. The smallest absolute Gasteiger partial charge is 0.333 e. The van der Waals surface area contributed by atoms with Gasteiger partial charge in [-0.1, -0.05) is 24.3 Å². The van der Waals surface area contributed by atoms with E-state index < -0.39 is 0 Å². The van der Waals surface area contributed by atoms with Crippen LogP contribution in [0.25, 0.3) is 0 Å². The van der Waals surface area contributed by atoms with Gasteiger partial charge in [-0.05, 0) is 61.6 Å². The first kappa shape index (κ1) is 23.7. The molecule has 6 nitrogen and oxygen atoms in total. The maximum atomic E-state index is 12.3. The molecule has 3 atom stereocenters.